The van der Waals surface area contributed by atoms with Crippen molar-refractivity contribution < 1.29 is 4.94 Å². The summed E-state index contributed by atoms with van der Waals surface area (Å²) in [7, 11) is 0. The first-order chi connectivity index (χ1) is 8.45. The van der Waals surface area contributed by atoms with Gasteiger partial charge in [-0.3, -0.25) is 9.97 Å². The van der Waals surface area contributed by atoms with Crippen LogP contribution >= 0.6 is 0 Å². The van der Waals surface area contributed by atoms with Crippen LogP contribution in [0.3, 0.4) is 0 Å². The molecule has 0 aliphatic carbocycles. The van der Waals surface area contributed by atoms with Crippen LogP contribution in [0.5, 0.6) is 0 Å². The molecule has 2 N–H and O–H groups in total. The van der Waals surface area contributed by atoms with E-state index in [4.69, 9.17) is 4.94 Å². The van der Waals surface area contributed by atoms with E-state index in [1.807, 2.05) is 36.4 Å². The molecule has 0 bridgehead atoms. The standard InChI is InChI=1S/C12H14N4O/c1-3-7-13-11(5-1)9-15-17-16-10-12-6-2-4-8-14-12/h1-8,15-16H,9-10H2. The van der Waals surface area contributed by atoms with Gasteiger partial charge in [0.25, 0.3) is 0 Å². The van der Waals surface area contributed by atoms with Crippen molar-refractivity contribution in [3.05, 3.63) is 60.2 Å². The molecule has 0 spiro atoms. The Morgan fingerprint density at radius 3 is 1.76 bits per heavy atom. The monoisotopic (exact) mass is 230 g/mol. The van der Waals surface area contributed by atoms with Crippen molar-refractivity contribution in [2.45, 2.75) is 13.1 Å². The molecule has 2 rings (SSSR count). The lowest BCUT2D eigenvalue weighted by atomic mass is 10.4. The van der Waals surface area contributed by atoms with Gasteiger partial charge >= 0.3 is 0 Å². The third-order valence-corrected chi connectivity index (χ3v) is 2.10. The van der Waals surface area contributed by atoms with Crippen molar-refractivity contribution in [3.63, 3.8) is 0 Å². The Morgan fingerprint density at radius 2 is 1.35 bits per heavy atom. The quantitative estimate of drug-likeness (QED) is 0.577. The predicted molar refractivity (Wildman–Crippen MR) is 63.2 cm³/mol. The molecule has 0 radical (unpaired) electrons. The van der Waals surface area contributed by atoms with Crippen LogP contribution in [0.1, 0.15) is 11.4 Å². The maximum absolute atomic E-state index is 5.06. The van der Waals surface area contributed by atoms with E-state index in [1.165, 1.54) is 0 Å². The molecule has 0 aliphatic heterocycles. The van der Waals surface area contributed by atoms with Gasteiger partial charge in [-0.25, -0.2) is 4.94 Å². The summed E-state index contributed by atoms with van der Waals surface area (Å²) in [5.74, 6) is 0. The molecule has 0 saturated carbocycles. The number of nitrogens with zero attached hydrogens (tertiary/aromatic N) is 2. The normalized spacial score (nSPS) is 10.4. The minimum Gasteiger partial charge on any atom is -0.260 e. The van der Waals surface area contributed by atoms with Crippen LogP contribution in [-0.4, -0.2) is 9.97 Å². The van der Waals surface area contributed by atoms with E-state index in [-0.39, 0.29) is 0 Å². The first kappa shape index (κ1) is 11.7. The van der Waals surface area contributed by atoms with Crippen molar-refractivity contribution in [1.82, 2.24) is 20.9 Å². The van der Waals surface area contributed by atoms with E-state index in [2.05, 4.69) is 20.9 Å². The average Bonchev–Trinajstić information content (AvgIpc) is 2.41. The fraction of sp³-hybridized carbons (Fsp3) is 0.167. The molecule has 2 aromatic rings. The average molecular weight is 230 g/mol. The Hall–Kier alpha value is -1.82. The zero-order chi connectivity index (χ0) is 11.8. The number of nitrogens with one attached hydrogen (secondary N) is 2. The molecule has 0 amide bonds. The highest BCUT2D eigenvalue weighted by Gasteiger charge is 1.93. The number of rotatable bonds is 6. The first-order valence-corrected chi connectivity index (χ1v) is 5.36. The van der Waals surface area contributed by atoms with Gasteiger partial charge in [-0.1, -0.05) is 12.1 Å². The zero-order valence-corrected chi connectivity index (χ0v) is 9.34. The molecule has 5 nitrogen and oxygen atoms in total. The molecule has 2 heterocycles. The lowest BCUT2D eigenvalue weighted by Gasteiger charge is -2.05. The van der Waals surface area contributed by atoms with E-state index in [0.29, 0.717) is 13.1 Å². The second-order valence-electron chi connectivity index (χ2n) is 3.39. The Balaban J connectivity index is 1.61. The summed E-state index contributed by atoms with van der Waals surface area (Å²) in [5, 5.41) is 0. The van der Waals surface area contributed by atoms with E-state index in [0.717, 1.165) is 11.4 Å². The Labute approximate surface area is 99.8 Å². The van der Waals surface area contributed by atoms with Gasteiger partial charge < -0.3 is 0 Å². The lowest BCUT2D eigenvalue weighted by Crippen LogP contribution is -2.25. The fourth-order valence-electron chi connectivity index (χ4n) is 1.28. The molecule has 0 unspecified atom stereocenters. The summed E-state index contributed by atoms with van der Waals surface area (Å²) in [6.07, 6.45) is 3.50. The highest BCUT2D eigenvalue weighted by atomic mass is 16.8. The smallest absolute Gasteiger partial charge is 0.0652 e. The number of pyridine rings is 2. The van der Waals surface area contributed by atoms with Crippen molar-refractivity contribution >= 4 is 0 Å². The third kappa shape index (κ3) is 4.28. The number of hydrogen-bond acceptors (Lipinski definition) is 5. The van der Waals surface area contributed by atoms with Crippen LogP contribution in [0.15, 0.2) is 48.8 Å². The van der Waals surface area contributed by atoms with Crippen molar-refractivity contribution in [2.75, 3.05) is 0 Å². The van der Waals surface area contributed by atoms with Crippen molar-refractivity contribution in [2.24, 2.45) is 0 Å². The Kier molecular flexibility index (Phi) is 4.59. The van der Waals surface area contributed by atoms with Crippen LogP contribution in [0.4, 0.5) is 0 Å². The molecular weight excluding hydrogens is 216 g/mol. The zero-order valence-electron chi connectivity index (χ0n) is 9.34. The molecule has 0 saturated heterocycles. The SMILES string of the molecule is c1ccc(CNONCc2ccccn2)nc1. The summed E-state index contributed by atoms with van der Waals surface area (Å²) >= 11 is 0. The van der Waals surface area contributed by atoms with Crippen molar-refractivity contribution in [3.8, 4) is 0 Å². The van der Waals surface area contributed by atoms with Crippen molar-refractivity contribution in [1.29, 1.82) is 0 Å². The van der Waals surface area contributed by atoms with E-state index in [9.17, 15) is 0 Å². The van der Waals surface area contributed by atoms with Gasteiger partial charge in [0.2, 0.25) is 0 Å². The summed E-state index contributed by atoms with van der Waals surface area (Å²) in [6.45, 7) is 1.10. The predicted octanol–water partition coefficient (Wildman–Crippen LogP) is 1.20. The van der Waals surface area contributed by atoms with Crippen LogP contribution in [0, 0.1) is 0 Å². The minimum atomic E-state index is 0.552. The summed E-state index contributed by atoms with van der Waals surface area (Å²) in [4.78, 5) is 13.4. The van der Waals surface area contributed by atoms with Gasteiger partial charge in [0.15, 0.2) is 0 Å². The Bertz CT molecular complexity index is 380. The number of hydrogen-bond donors (Lipinski definition) is 2. The van der Waals surface area contributed by atoms with Gasteiger partial charge in [-0.2, -0.15) is 11.0 Å². The fourth-order valence-corrected chi connectivity index (χ4v) is 1.28. The van der Waals surface area contributed by atoms with Gasteiger partial charge in [0, 0.05) is 12.4 Å². The summed E-state index contributed by atoms with van der Waals surface area (Å²) in [6, 6.07) is 11.5. The summed E-state index contributed by atoms with van der Waals surface area (Å²) in [5.41, 5.74) is 7.39. The number of aromatic nitrogens is 2. The van der Waals surface area contributed by atoms with Crippen LogP contribution in [0.2, 0.25) is 0 Å². The number of hydroxylamine groups is 2. The highest BCUT2D eigenvalue weighted by Crippen LogP contribution is 1.93. The molecular formula is C12H14N4O. The maximum atomic E-state index is 5.06. The molecule has 17 heavy (non-hydrogen) atoms. The molecule has 0 aliphatic rings. The lowest BCUT2D eigenvalue weighted by molar-refractivity contribution is -0.0465. The highest BCUT2D eigenvalue weighted by molar-refractivity contribution is 5.03. The topological polar surface area (TPSA) is 59.1 Å². The van der Waals surface area contributed by atoms with Crippen LogP contribution in [-0.2, 0) is 18.0 Å². The maximum Gasteiger partial charge on any atom is 0.0652 e. The summed E-state index contributed by atoms with van der Waals surface area (Å²) < 4.78 is 0. The van der Waals surface area contributed by atoms with E-state index < -0.39 is 0 Å². The second kappa shape index (κ2) is 6.70. The van der Waals surface area contributed by atoms with Gasteiger partial charge in [0.05, 0.1) is 24.5 Å². The van der Waals surface area contributed by atoms with Gasteiger partial charge in [0.1, 0.15) is 0 Å². The third-order valence-electron chi connectivity index (χ3n) is 2.10. The largest absolute Gasteiger partial charge is 0.260 e. The molecule has 0 aromatic carbocycles. The minimum absolute atomic E-state index is 0.552. The molecule has 2 aromatic heterocycles. The van der Waals surface area contributed by atoms with Gasteiger partial charge in [-0.05, 0) is 24.3 Å². The van der Waals surface area contributed by atoms with Gasteiger partial charge in [-0.15, -0.1) is 0 Å². The second-order valence-corrected chi connectivity index (χ2v) is 3.39. The van der Waals surface area contributed by atoms with Crippen LogP contribution in [0.25, 0.3) is 0 Å². The molecule has 88 valence electrons. The van der Waals surface area contributed by atoms with Crippen LogP contribution < -0.4 is 11.0 Å². The first-order valence-electron chi connectivity index (χ1n) is 5.36. The molecule has 5 heteroatoms. The van der Waals surface area contributed by atoms with E-state index >= 15 is 0 Å². The molecule has 0 fully saturated rings. The van der Waals surface area contributed by atoms with E-state index in [1.54, 1.807) is 12.4 Å². The molecule has 0 atom stereocenters. The Morgan fingerprint density at radius 1 is 0.824 bits per heavy atom.